The van der Waals surface area contributed by atoms with Gasteiger partial charge in [-0.1, -0.05) is 13.0 Å². The van der Waals surface area contributed by atoms with Gasteiger partial charge in [-0.05, 0) is 31.6 Å². The molecule has 1 saturated carbocycles. The first-order valence-electron chi connectivity index (χ1n) is 11.2. The highest BCUT2D eigenvalue weighted by Gasteiger charge is 2.68. The van der Waals surface area contributed by atoms with Gasteiger partial charge in [0.05, 0.1) is 29.3 Å². The first kappa shape index (κ1) is 25.4. The van der Waals surface area contributed by atoms with Crippen LogP contribution in [0.5, 0.6) is 5.75 Å². The Hall–Kier alpha value is -3.74. The van der Waals surface area contributed by atoms with Crippen LogP contribution in [0.25, 0.3) is 5.76 Å². The highest BCUT2D eigenvalue weighted by atomic mass is 16.4. The number of phenols is 1. The van der Waals surface area contributed by atoms with Crippen LogP contribution in [-0.4, -0.2) is 93.2 Å². The van der Waals surface area contributed by atoms with Crippen LogP contribution < -0.4 is 10.6 Å². The van der Waals surface area contributed by atoms with Gasteiger partial charge in [0.1, 0.15) is 22.8 Å². The van der Waals surface area contributed by atoms with E-state index in [2.05, 4.69) is 10.6 Å². The average Bonchev–Trinajstić information content (AvgIpc) is 2.82. The van der Waals surface area contributed by atoms with Crippen LogP contribution in [0.3, 0.4) is 0 Å². The van der Waals surface area contributed by atoms with E-state index in [9.17, 15) is 44.7 Å². The first-order chi connectivity index (χ1) is 16.9. The minimum absolute atomic E-state index is 0.0532. The first-order valence-corrected chi connectivity index (χ1v) is 11.2. The summed E-state index contributed by atoms with van der Waals surface area (Å²) >= 11 is 0. The topological polar surface area (TPSA) is 197 Å². The number of rotatable bonds is 4. The molecular weight excluding hydrogens is 474 g/mol. The molecule has 1 aromatic carbocycles. The number of benzene rings is 1. The van der Waals surface area contributed by atoms with Crippen LogP contribution in [0, 0.1) is 11.8 Å². The Morgan fingerprint density at radius 2 is 1.81 bits per heavy atom. The third-order valence-corrected chi connectivity index (χ3v) is 7.55. The summed E-state index contributed by atoms with van der Waals surface area (Å²) in [5, 5.41) is 60.6. The maximum absolute atomic E-state index is 13.9. The lowest BCUT2D eigenvalue weighted by Crippen LogP contribution is -2.70. The zero-order valence-electron chi connectivity index (χ0n) is 19.9. The summed E-state index contributed by atoms with van der Waals surface area (Å²) in [6.45, 7) is 1.63. The van der Waals surface area contributed by atoms with Gasteiger partial charge in [-0.2, -0.15) is 0 Å². The van der Waals surface area contributed by atoms with Crippen LogP contribution >= 0.6 is 0 Å². The lowest BCUT2D eigenvalue weighted by atomic mass is 9.54. The maximum Gasteiger partial charge on any atom is 0.258 e. The third-order valence-electron chi connectivity index (χ3n) is 7.55. The molecule has 7 N–H and O–H groups in total. The Morgan fingerprint density at radius 3 is 2.36 bits per heavy atom. The molecule has 0 bridgehead atoms. The largest absolute Gasteiger partial charge is 0.508 e. The highest BCUT2D eigenvalue weighted by Crippen LogP contribution is 2.56. The fourth-order valence-electron chi connectivity index (χ4n) is 5.90. The van der Waals surface area contributed by atoms with Crippen molar-refractivity contribution in [3.05, 3.63) is 40.2 Å². The SMILES string of the molecule is CNC(=O)C1=C(O)C2(O)C(=O)C3=C(O)c4c(ccc(NC=O)c4O)C(C)C3C(O)C2C(N(C)C)C1=O. The monoisotopic (exact) mass is 501 g/mol. The number of amides is 2. The van der Waals surface area contributed by atoms with Gasteiger partial charge in [0.15, 0.2) is 11.4 Å². The smallest absolute Gasteiger partial charge is 0.258 e. The average molecular weight is 501 g/mol. The predicted molar refractivity (Wildman–Crippen MR) is 125 cm³/mol. The molecule has 12 nitrogen and oxygen atoms in total. The number of ketones is 2. The second-order valence-electron chi connectivity index (χ2n) is 9.45. The van der Waals surface area contributed by atoms with Crippen molar-refractivity contribution in [2.75, 3.05) is 26.5 Å². The van der Waals surface area contributed by atoms with Gasteiger partial charge in [-0.25, -0.2) is 0 Å². The van der Waals surface area contributed by atoms with Crippen molar-refractivity contribution in [3.63, 3.8) is 0 Å². The number of carbonyl (C=O) groups is 4. The van der Waals surface area contributed by atoms with Gasteiger partial charge in [0, 0.05) is 18.5 Å². The summed E-state index contributed by atoms with van der Waals surface area (Å²) in [6, 6.07) is 1.52. The van der Waals surface area contributed by atoms with Crippen LogP contribution in [0.1, 0.15) is 24.0 Å². The molecule has 12 heteroatoms. The second kappa shape index (κ2) is 8.43. The van der Waals surface area contributed by atoms with Crippen molar-refractivity contribution >= 4 is 35.3 Å². The normalized spacial score (nSPS) is 31.6. The number of fused-ring (bicyclic) bond motifs is 3. The molecule has 3 aliphatic rings. The van der Waals surface area contributed by atoms with Gasteiger partial charge >= 0.3 is 0 Å². The Bertz CT molecular complexity index is 1270. The van der Waals surface area contributed by atoms with Gasteiger partial charge in [-0.3, -0.25) is 24.1 Å². The van der Waals surface area contributed by atoms with Crippen molar-refractivity contribution in [2.24, 2.45) is 11.8 Å². The summed E-state index contributed by atoms with van der Waals surface area (Å²) in [5.41, 5.74) is -4.14. The highest BCUT2D eigenvalue weighted by molar-refractivity contribution is 6.25. The molecule has 0 saturated heterocycles. The Morgan fingerprint density at radius 1 is 1.17 bits per heavy atom. The molecule has 36 heavy (non-hydrogen) atoms. The molecular formula is C24H27N3O9. The summed E-state index contributed by atoms with van der Waals surface area (Å²) in [4.78, 5) is 51.9. The number of nitrogens with zero attached hydrogens (tertiary/aromatic N) is 1. The zero-order chi connectivity index (χ0) is 26.9. The van der Waals surface area contributed by atoms with E-state index in [1.165, 1.54) is 38.2 Å². The van der Waals surface area contributed by atoms with E-state index in [0.29, 0.717) is 12.0 Å². The molecule has 0 spiro atoms. The molecule has 0 aromatic heterocycles. The third kappa shape index (κ3) is 3.04. The molecule has 6 unspecified atom stereocenters. The van der Waals surface area contributed by atoms with Crippen molar-refractivity contribution in [3.8, 4) is 5.75 Å². The Kier molecular flexibility index (Phi) is 5.94. The van der Waals surface area contributed by atoms with Gasteiger partial charge < -0.3 is 36.2 Å². The number of hydrogen-bond acceptors (Lipinski definition) is 10. The van der Waals surface area contributed by atoms with E-state index in [-0.39, 0.29) is 11.3 Å². The summed E-state index contributed by atoms with van der Waals surface area (Å²) in [7, 11) is 4.13. The van der Waals surface area contributed by atoms with Crippen LogP contribution in [0.15, 0.2) is 29.0 Å². The molecule has 0 radical (unpaired) electrons. The number of nitrogens with one attached hydrogen (secondary N) is 2. The molecule has 0 aliphatic heterocycles. The number of carbonyl (C=O) groups excluding carboxylic acids is 4. The van der Waals surface area contributed by atoms with Crippen LogP contribution in [-0.2, 0) is 19.2 Å². The van der Waals surface area contributed by atoms with Gasteiger partial charge in [0.2, 0.25) is 12.2 Å². The number of aromatic hydroxyl groups is 1. The van der Waals surface area contributed by atoms with Crippen LogP contribution in [0.2, 0.25) is 0 Å². The van der Waals surface area contributed by atoms with Crippen molar-refractivity contribution in [1.29, 1.82) is 0 Å². The lowest BCUT2D eigenvalue weighted by Gasteiger charge is -2.53. The fraction of sp³-hybridized carbons (Fsp3) is 0.417. The fourth-order valence-corrected chi connectivity index (χ4v) is 5.90. The van der Waals surface area contributed by atoms with Gasteiger partial charge in [0.25, 0.3) is 5.91 Å². The molecule has 2 amide bonds. The number of aliphatic hydroxyl groups excluding tert-OH is 3. The van der Waals surface area contributed by atoms with Gasteiger partial charge in [-0.15, -0.1) is 0 Å². The molecule has 0 heterocycles. The Balaban J connectivity index is 2.05. The van der Waals surface area contributed by atoms with Crippen LogP contribution in [0.4, 0.5) is 5.69 Å². The standard InChI is InChI=1S/C24H27N3O9/c1-8-9-5-6-10(26-7-28)17(29)12(9)18(30)13-11(8)19(31)15-16(27(3)4)20(32)14(23(35)25-2)22(34)24(15,36)21(13)33/h5-8,11,15-16,19,29-31,34,36H,1-4H3,(H,25,35)(H,26,28). The maximum atomic E-state index is 13.9. The number of likely N-dealkylation sites (N-methyl/N-ethyl adjacent to an activating group) is 2. The predicted octanol–water partition coefficient (Wildman–Crippen LogP) is -0.675. The van der Waals surface area contributed by atoms with E-state index in [0.717, 1.165) is 0 Å². The number of hydrogen-bond donors (Lipinski definition) is 7. The molecule has 4 rings (SSSR count). The van der Waals surface area contributed by atoms with E-state index in [1.54, 1.807) is 6.92 Å². The molecule has 6 atom stereocenters. The number of anilines is 1. The molecule has 192 valence electrons. The lowest BCUT2D eigenvalue weighted by molar-refractivity contribution is -0.169. The molecule has 1 fully saturated rings. The zero-order valence-corrected chi connectivity index (χ0v) is 19.9. The minimum Gasteiger partial charge on any atom is -0.508 e. The van der Waals surface area contributed by atoms with E-state index in [1.807, 2.05) is 0 Å². The number of phenolic OH excluding ortho intramolecular Hbond substituents is 1. The van der Waals surface area contributed by atoms with E-state index < -0.39 is 81.4 Å². The van der Waals surface area contributed by atoms with E-state index >= 15 is 0 Å². The quantitative estimate of drug-likeness (QED) is 0.158. The summed E-state index contributed by atoms with van der Waals surface area (Å²) < 4.78 is 0. The summed E-state index contributed by atoms with van der Waals surface area (Å²) in [6.07, 6.45) is -1.33. The van der Waals surface area contributed by atoms with Crippen molar-refractivity contribution in [2.45, 2.75) is 30.6 Å². The second-order valence-corrected chi connectivity index (χ2v) is 9.45. The Labute approximate surface area is 205 Å². The molecule has 1 aromatic rings. The number of aliphatic hydroxyl groups is 4. The summed E-state index contributed by atoms with van der Waals surface area (Å²) in [5.74, 6) is -9.11. The van der Waals surface area contributed by atoms with Crippen molar-refractivity contribution in [1.82, 2.24) is 10.2 Å². The molecule has 3 aliphatic carbocycles. The van der Waals surface area contributed by atoms with E-state index in [4.69, 9.17) is 0 Å². The number of Topliss-reactive ketones (excluding diaryl/α,β-unsaturated/α-hetero) is 2. The van der Waals surface area contributed by atoms with Crippen molar-refractivity contribution < 1.29 is 44.7 Å². The minimum atomic E-state index is -2.94.